The number of aromatic nitrogens is 3. The van der Waals surface area contributed by atoms with Crippen molar-refractivity contribution < 1.29 is 5.11 Å². The molecule has 2 aromatic rings. The van der Waals surface area contributed by atoms with Gasteiger partial charge in [0.15, 0.2) is 5.82 Å². The molecule has 0 aromatic carbocycles. The second-order valence-electron chi connectivity index (χ2n) is 6.17. The normalized spacial score (nSPS) is 15.3. The van der Waals surface area contributed by atoms with E-state index in [1.165, 1.54) is 0 Å². The van der Waals surface area contributed by atoms with E-state index in [2.05, 4.69) is 36.2 Å². The Balaban J connectivity index is 2.28. The molecule has 0 fully saturated rings. The van der Waals surface area contributed by atoms with Gasteiger partial charge in [-0.1, -0.05) is 20.8 Å². The zero-order valence-corrected chi connectivity index (χ0v) is 12.5. The van der Waals surface area contributed by atoms with Crippen LogP contribution in [-0.4, -0.2) is 38.4 Å². The van der Waals surface area contributed by atoms with E-state index in [0.717, 1.165) is 17.0 Å². The monoisotopic (exact) mass is 277 g/mol. The molecule has 6 nitrogen and oxygen atoms in total. The predicted molar refractivity (Wildman–Crippen MR) is 79.8 cm³/mol. The fourth-order valence-corrected chi connectivity index (χ4v) is 1.81. The number of nitrogens with zero attached hydrogens (tertiary/aromatic N) is 3. The van der Waals surface area contributed by atoms with Gasteiger partial charge in [-0.3, -0.25) is 0 Å². The summed E-state index contributed by atoms with van der Waals surface area (Å²) in [5, 5.41) is 17.2. The van der Waals surface area contributed by atoms with E-state index < -0.39 is 6.10 Å². The smallest absolute Gasteiger partial charge is 0.152 e. The predicted octanol–water partition coefficient (Wildman–Crippen LogP) is 1.15. The van der Waals surface area contributed by atoms with Crippen molar-refractivity contribution in [1.29, 1.82) is 0 Å². The fourth-order valence-electron chi connectivity index (χ4n) is 1.81. The lowest BCUT2D eigenvalue weighted by atomic mass is 9.92. The van der Waals surface area contributed by atoms with Crippen LogP contribution in [0.1, 0.15) is 33.4 Å². The summed E-state index contributed by atoms with van der Waals surface area (Å²) in [6.07, 6.45) is 2.96. The van der Waals surface area contributed by atoms with Crippen LogP contribution in [0.25, 0.3) is 5.52 Å². The maximum atomic E-state index is 9.42. The van der Waals surface area contributed by atoms with Crippen molar-refractivity contribution in [1.82, 2.24) is 14.6 Å². The molecule has 0 saturated carbocycles. The first-order valence-corrected chi connectivity index (χ1v) is 6.81. The molecule has 2 heterocycles. The zero-order chi connectivity index (χ0) is 14.9. The van der Waals surface area contributed by atoms with Gasteiger partial charge in [0.1, 0.15) is 5.52 Å². The number of rotatable bonds is 4. The summed E-state index contributed by atoms with van der Waals surface area (Å²) in [5.74, 6) is 0.728. The molecule has 2 unspecified atom stereocenters. The van der Waals surface area contributed by atoms with Crippen molar-refractivity contribution in [3.8, 4) is 0 Å². The first-order chi connectivity index (χ1) is 9.29. The van der Waals surface area contributed by atoms with Gasteiger partial charge < -0.3 is 16.2 Å². The summed E-state index contributed by atoms with van der Waals surface area (Å²) in [4.78, 5) is 4.32. The van der Waals surface area contributed by atoms with Crippen molar-refractivity contribution in [3.63, 3.8) is 0 Å². The molecular formula is C14H23N5O. The number of anilines is 1. The van der Waals surface area contributed by atoms with Crippen LogP contribution in [0.2, 0.25) is 0 Å². The number of fused-ring (bicyclic) bond motifs is 1. The maximum Gasteiger partial charge on any atom is 0.152 e. The largest absolute Gasteiger partial charge is 0.392 e. The van der Waals surface area contributed by atoms with Crippen molar-refractivity contribution in [2.75, 3.05) is 11.9 Å². The third kappa shape index (κ3) is 3.08. The van der Waals surface area contributed by atoms with E-state index in [1.807, 2.05) is 16.8 Å². The average molecular weight is 277 g/mol. The summed E-state index contributed by atoms with van der Waals surface area (Å²) < 4.78 is 1.81. The Morgan fingerprint density at radius 1 is 1.45 bits per heavy atom. The topological polar surface area (TPSA) is 88.5 Å². The van der Waals surface area contributed by atoms with Crippen LogP contribution in [-0.2, 0) is 5.41 Å². The Labute approximate surface area is 119 Å². The second kappa shape index (κ2) is 5.38. The molecule has 0 radical (unpaired) electrons. The summed E-state index contributed by atoms with van der Waals surface area (Å²) in [6.45, 7) is 8.51. The summed E-state index contributed by atoms with van der Waals surface area (Å²) in [5.41, 5.74) is 7.73. The number of hydrogen-bond acceptors (Lipinski definition) is 5. The molecule has 2 atom stereocenters. The quantitative estimate of drug-likeness (QED) is 0.780. The van der Waals surface area contributed by atoms with Crippen LogP contribution in [0.3, 0.4) is 0 Å². The molecule has 110 valence electrons. The van der Waals surface area contributed by atoms with Crippen molar-refractivity contribution in [2.24, 2.45) is 5.73 Å². The molecule has 2 rings (SSSR count). The third-order valence-electron chi connectivity index (χ3n) is 3.28. The van der Waals surface area contributed by atoms with Crippen LogP contribution >= 0.6 is 0 Å². The molecule has 0 spiro atoms. The number of nitrogens with one attached hydrogen (secondary N) is 1. The summed E-state index contributed by atoms with van der Waals surface area (Å²) >= 11 is 0. The van der Waals surface area contributed by atoms with Gasteiger partial charge in [-0.25, -0.2) is 9.50 Å². The number of aliphatic hydroxyl groups is 1. The van der Waals surface area contributed by atoms with Crippen molar-refractivity contribution >= 4 is 11.3 Å². The van der Waals surface area contributed by atoms with Gasteiger partial charge in [0.2, 0.25) is 0 Å². The molecule has 6 heteroatoms. The molecule has 0 aliphatic heterocycles. The standard InChI is InChI=1S/C14H23N5O/c1-9(20)10(15)8-17-13-11-7-12(14(2,3)4)18-19(11)6-5-16-13/h5-7,9-10,20H,8,15H2,1-4H3,(H,16,17). The van der Waals surface area contributed by atoms with Crippen LogP contribution in [0, 0.1) is 0 Å². The zero-order valence-electron chi connectivity index (χ0n) is 12.5. The lowest BCUT2D eigenvalue weighted by Crippen LogP contribution is -2.38. The number of aliphatic hydroxyl groups excluding tert-OH is 1. The SMILES string of the molecule is CC(O)C(N)CNc1nccn2nc(C(C)(C)C)cc12. The van der Waals surface area contributed by atoms with Gasteiger partial charge in [0.05, 0.1) is 11.8 Å². The third-order valence-corrected chi connectivity index (χ3v) is 3.28. The minimum absolute atomic E-state index is 0.0146. The minimum atomic E-state index is -0.558. The van der Waals surface area contributed by atoms with Crippen molar-refractivity contribution in [3.05, 3.63) is 24.2 Å². The molecule has 20 heavy (non-hydrogen) atoms. The Kier molecular flexibility index (Phi) is 3.96. The molecule has 4 N–H and O–H groups in total. The van der Waals surface area contributed by atoms with Gasteiger partial charge >= 0.3 is 0 Å². The molecule has 0 aliphatic carbocycles. The van der Waals surface area contributed by atoms with E-state index in [-0.39, 0.29) is 11.5 Å². The maximum absolute atomic E-state index is 9.42. The van der Waals surface area contributed by atoms with Crippen LogP contribution in [0.4, 0.5) is 5.82 Å². The summed E-state index contributed by atoms with van der Waals surface area (Å²) in [6, 6.07) is 1.70. The first-order valence-electron chi connectivity index (χ1n) is 6.81. The molecule has 0 aliphatic rings. The molecule has 2 aromatic heterocycles. The van der Waals surface area contributed by atoms with Gasteiger partial charge in [0.25, 0.3) is 0 Å². The highest BCUT2D eigenvalue weighted by Gasteiger charge is 2.19. The average Bonchev–Trinajstić information content (AvgIpc) is 2.79. The fraction of sp³-hybridized carbons (Fsp3) is 0.571. The second-order valence-corrected chi connectivity index (χ2v) is 6.17. The first kappa shape index (κ1) is 14.7. The highest BCUT2D eigenvalue weighted by molar-refractivity contribution is 5.68. The Bertz CT molecular complexity index is 585. The molecule has 0 saturated heterocycles. The van der Waals surface area contributed by atoms with E-state index in [9.17, 15) is 5.11 Å². The Hall–Kier alpha value is -1.66. The molecular weight excluding hydrogens is 254 g/mol. The van der Waals surface area contributed by atoms with E-state index in [0.29, 0.717) is 6.54 Å². The van der Waals surface area contributed by atoms with Gasteiger partial charge in [-0.15, -0.1) is 0 Å². The van der Waals surface area contributed by atoms with Crippen LogP contribution in [0.15, 0.2) is 18.5 Å². The lowest BCUT2D eigenvalue weighted by Gasteiger charge is -2.15. The van der Waals surface area contributed by atoms with E-state index in [1.54, 1.807) is 13.1 Å². The minimum Gasteiger partial charge on any atom is -0.392 e. The van der Waals surface area contributed by atoms with Gasteiger partial charge in [-0.2, -0.15) is 5.10 Å². The molecule has 0 bridgehead atoms. The molecule has 0 amide bonds. The summed E-state index contributed by atoms with van der Waals surface area (Å²) in [7, 11) is 0. The van der Waals surface area contributed by atoms with Crippen LogP contribution in [0.5, 0.6) is 0 Å². The van der Waals surface area contributed by atoms with Crippen molar-refractivity contribution in [2.45, 2.75) is 45.3 Å². The van der Waals surface area contributed by atoms with Gasteiger partial charge in [-0.05, 0) is 13.0 Å². The van der Waals surface area contributed by atoms with E-state index in [4.69, 9.17) is 5.73 Å². The lowest BCUT2D eigenvalue weighted by molar-refractivity contribution is 0.168. The van der Waals surface area contributed by atoms with E-state index >= 15 is 0 Å². The van der Waals surface area contributed by atoms with Gasteiger partial charge in [0, 0.05) is 30.4 Å². The number of hydrogen-bond donors (Lipinski definition) is 3. The Morgan fingerprint density at radius 3 is 2.75 bits per heavy atom. The highest BCUT2D eigenvalue weighted by atomic mass is 16.3. The number of nitrogens with two attached hydrogens (primary N) is 1. The van der Waals surface area contributed by atoms with Crippen LogP contribution < -0.4 is 11.1 Å². The highest BCUT2D eigenvalue weighted by Crippen LogP contribution is 2.24. The Morgan fingerprint density at radius 2 is 2.15 bits per heavy atom.